The van der Waals surface area contributed by atoms with E-state index in [0.717, 1.165) is 16.8 Å². The van der Waals surface area contributed by atoms with Crippen LogP contribution in [0.1, 0.15) is 10.6 Å². The van der Waals surface area contributed by atoms with Crippen LogP contribution in [0, 0.1) is 17.0 Å². The van der Waals surface area contributed by atoms with E-state index >= 15 is 0 Å². The Balaban J connectivity index is 1.68. The molecule has 0 spiro atoms. The molecule has 0 radical (unpaired) electrons. The van der Waals surface area contributed by atoms with Crippen molar-refractivity contribution in [3.8, 4) is 11.3 Å². The van der Waals surface area contributed by atoms with Gasteiger partial charge in [-0.25, -0.2) is 4.98 Å². The zero-order valence-electron chi connectivity index (χ0n) is 13.4. The normalized spacial score (nSPS) is 10.4. The molecule has 0 aliphatic rings. The molecule has 1 amide bonds. The number of aromatic nitrogens is 1. The number of hydrogen-bond acceptors (Lipinski definition) is 5. The second-order valence-corrected chi connectivity index (χ2v) is 6.41. The number of thiazole rings is 1. The fourth-order valence-corrected chi connectivity index (χ4v) is 3.13. The molecule has 0 unspecified atom stereocenters. The fraction of sp³-hybridized carbons (Fsp3) is 0.111. The zero-order valence-corrected chi connectivity index (χ0v) is 14.2. The van der Waals surface area contributed by atoms with E-state index in [4.69, 9.17) is 0 Å². The number of non-ortho nitro benzene ring substituents is 1. The summed E-state index contributed by atoms with van der Waals surface area (Å²) in [5.74, 6) is -0.126. The highest BCUT2D eigenvalue weighted by Gasteiger charge is 2.11. The molecule has 0 saturated heterocycles. The number of carbonyl (C=O) groups excluding carboxylic acids is 1. The van der Waals surface area contributed by atoms with Gasteiger partial charge in [-0.2, -0.15) is 0 Å². The van der Waals surface area contributed by atoms with Crippen molar-refractivity contribution >= 4 is 28.6 Å². The summed E-state index contributed by atoms with van der Waals surface area (Å²) in [4.78, 5) is 26.9. The number of nitro benzene ring substituents is 1. The van der Waals surface area contributed by atoms with E-state index in [1.165, 1.54) is 23.5 Å². The van der Waals surface area contributed by atoms with Gasteiger partial charge in [0, 0.05) is 28.8 Å². The van der Waals surface area contributed by atoms with Gasteiger partial charge in [-0.05, 0) is 30.7 Å². The second-order valence-electron chi connectivity index (χ2n) is 5.47. The highest BCUT2D eigenvalue weighted by atomic mass is 32.1. The van der Waals surface area contributed by atoms with Crippen LogP contribution in [-0.4, -0.2) is 15.8 Å². The number of anilines is 1. The van der Waals surface area contributed by atoms with E-state index in [9.17, 15) is 14.9 Å². The van der Waals surface area contributed by atoms with Crippen LogP contribution in [0.4, 0.5) is 11.4 Å². The van der Waals surface area contributed by atoms with Gasteiger partial charge in [0.1, 0.15) is 5.01 Å². The number of aryl methyl sites for hydroxylation is 1. The number of rotatable bonds is 5. The van der Waals surface area contributed by atoms with Crippen molar-refractivity contribution in [2.45, 2.75) is 13.3 Å². The van der Waals surface area contributed by atoms with Crippen LogP contribution >= 0.6 is 11.3 Å². The predicted octanol–water partition coefficient (Wildman–Crippen LogP) is 4.21. The van der Waals surface area contributed by atoms with Gasteiger partial charge in [-0.15, -0.1) is 11.3 Å². The molecular formula is C18H15N3O3S. The summed E-state index contributed by atoms with van der Waals surface area (Å²) in [6.45, 7) is 1.94. The third-order valence-corrected chi connectivity index (χ3v) is 4.51. The molecule has 2 aromatic carbocycles. The summed E-state index contributed by atoms with van der Waals surface area (Å²) < 4.78 is 0. The Kier molecular flexibility index (Phi) is 4.85. The molecule has 1 aromatic heterocycles. The van der Waals surface area contributed by atoms with Crippen molar-refractivity contribution in [2.75, 3.05) is 5.32 Å². The molecular weight excluding hydrogens is 338 g/mol. The molecule has 0 atom stereocenters. The molecule has 3 aromatic rings. The molecule has 126 valence electrons. The molecule has 0 saturated carbocycles. The monoisotopic (exact) mass is 353 g/mol. The number of benzene rings is 2. The van der Waals surface area contributed by atoms with Crippen LogP contribution < -0.4 is 5.32 Å². The minimum atomic E-state index is -0.438. The van der Waals surface area contributed by atoms with Crippen molar-refractivity contribution in [1.82, 2.24) is 4.98 Å². The van der Waals surface area contributed by atoms with Gasteiger partial charge < -0.3 is 5.32 Å². The Morgan fingerprint density at radius 2 is 1.92 bits per heavy atom. The average Bonchev–Trinajstić information content (AvgIpc) is 3.05. The first-order valence-electron chi connectivity index (χ1n) is 7.57. The molecule has 6 nitrogen and oxygen atoms in total. The molecule has 0 bridgehead atoms. The molecule has 25 heavy (non-hydrogen) atoms. The van der Waals surface area contributed by atoms with Crippen molar-refractivity contribution < 1.29 is 9.72 Å². The Morgan fingerprint density at radius 1 is 1.20 bits per heavy atom. The number of hydrogen-bond donors (Lipinski definition) is 1. The number of para-hydroxylation sites is 1. The van der Waals surface area contributed by atoms with Gasteiger partial charge in [0.2, 0.25) is 5.91 Å². The lowest BCUT2D eigenvalue weighted by atomic mass is 10.1. The van der Waals surface area contributed by atoms with E-state index in [0.29, 0.717) is 10.7 Å². The third kappa shape index (κ3) is 4.07. The van der Waals surface area contributed by atoms with Crippen molar-refractivity contribution in [3.63, 3.8) is 0 Å². The van der Waals surface area contributed by atoms with E-state index in [-0.39, 0.29) is 18.0 Å². The molecule has 3 rings (SSSR count). The van der Waals surface area contributed by atoms with Crippen LogP contribution in [0.5, 0.6) is 0 Å². The van der Waals surface area contributed by atoms with Crippen LogP contribution in [0.3, 0.4) is 0 Å². The summed E-state index contributed by atoms with van der Waals surface area (Å²) in [5, 5.41) is 16.1. The summed E-state index contributed by atoms with van der Waals surface area (Å²) in [7, 11) is 0. The van der Waals surface area contributed by atoms with Gasteiger partial charge in [-0.1, -0.05) is 18.2 Å². The van der Waals surface area contributed by atoms with E-state index in [1.54, 1.807) is 12.1 Å². The predicted molar refractivity (Wildman–Crippen MR) is 97.7 cm³/mol. The quantitative estimate of drug-likeness (QED) is 0.550. The summed E-state index contributed by atoms with van der Waals surface area (Å²) in [6, 6.07) is 13.8. The number of amides is 1. The number of carbonyl (C=O) groups is 1. The van der Waals surface area contributed by atoms with Crippen LogP contribution in [0.2, 0.25) is 0 Å². The minimum absolute atomic E-state index is 0.0387. The molecule has 0 fully saturated rings. The first kappa shape index (κ1) is 16.8. The molecule has 1 heterocycles. The first-order valence-corrected chi connectivity index (χ1v) is 8.45. The Bertz CT molecular complexity index is 919. The standard InChI is InChI=1S/C18H15N3O3S/c1-12-4-2-3-5-15(12)19-17(22)10-18-20-16(11-25-18)13-6-8-14(9-7-13)21(23)24/h2-9,11H,10H2,1H3,(H,19,22). The lowest BCUT2D eigenvalue weighted by Gasteiger charge is -2.06. The number of nitrogens with zero attached hydrogens (tertiary/aromatic N) is 2. The maximum absolute atomic E-state index is 12.2. The average molecular weight is 353 g/mol. The van der Waals surface area contributed by atoms with Crippen molar-refractivity contribution in [2.24, 2.45) is 0 Å². The number of nitro groups is 1. The van der Waals surface area contributed by atoms with Crippen molar-refractivity contribution in [1.29, 1.82) is 0 Å². The highest BCUT2D eigenvalue weighted by Crippen LogP contribution is 2.24. The largest absolute Gasteiger partial charge is 0.325 e. The maximum atomic E-state index is 12.2. The SMILES string of the molecule is Cc1ccccc1NC(=O)Cc1nc(-c2ccc([N+](=O)[O-])cc2)cs1. The smallest absolute Gasteiger partial charge is 0.269 e. The Hall–Kier alpha value is -3.06. The zero-order chi connectivity index (χ0) is 17.8. The molecule has 0 aliphatic heterocycles. The van der Waals surface area contributed by atoms with Gasteiger partial charge in [-0.3, -0.25) is 14.9 Å². The lowest BCUT2D eigenvalue weighted by molar-refractivity contribution is -0.384. The van der Waals surface area contributed by atoms with E-state index in [1.807, 2.05) is 36.6 Å². The van der Waals surface area contributed by atoms with Gasteiger partial charge in [0.05, 0.1) is 17.0 Å². The molecule has 0 aliphatic carbocycles. The minimum Gasteiger partial charge on any atom is -0.325 e. The van der Waals surface area contributed by atoms with Gasteiger partial charge in [0.15, 0.2) is 0 Å². The van der Waals surface area contributed by atoms with E-state index < -0.39 is 4.92 Å². The Labute approximate surface area is 148 Å². The first-order chi connectivity index (χ1) is 12.0. The summed E-state index contributed by atoms with van der Waals surface area (Å²) >= 11 is 1.39. The molecule has 7 heteroatoms. The van der Waals surface area contributed by atoms with Crippen LogP contribution in [0.15, 0.2) is 53.9 Å². The summed E-state index contributed by atoms with van der Waals surface area (Å²) in [5.41, 5.74) is 3.32. The number of nitrogens with one attached hydrogen (secondary N) is 1. The van der Waals surface area contributed by atoms with Gasteiger partial charge >= 0.3 is 0 Å². The van der Waals surface area contributed by atoms with Gasteiger partial charge in [0.25, 0.3) is 5.69 Å². The lowest BCUT2D eigenvalue weighted by Crippen LogP contribution is -2.14. The van der Waals surface area contributed by atoms with Crippen LogP contribution in [0.25, 0.3) is 11.3 Å². The van der Waals surface area contributed by atoms with Crippen molar-refractivity contribution in [3.05, 3.63) is 74.6 Å². The Morgan fingerprint density at radius 3 is 2.60 bits per heavy atom. The second kappa shape index (κ2) is 7.23. The topological polar surface area (TPSA) is 85.1 Å². The fourth-order valence-electron chi connectivity index (χ4n) is 2.32. The third-order valence-electron chi connectivity index (χ3n) is 3.66. The summed E-state index contributed by atoms with van der Waals surface area (Å²) in [6.07, 6.45) is 0.186. The van der Waals surface area contributed by atoms with Crippen LogP contribution in [-0.2, 0) is 11.2 Å². The molecule has 1 N–H and O–H groups in total. The van der Waals surface area contributed by atoms with E-state index in [2.05, 4.69) is 10.3 Å². The highest BCUT2D eigenvalue weighted by molar-refractivity contribution is 7.10. The maximum Gasteiger partial charge on any atom is 0.269 e.